The Balaban J connectivity index is 2.92. The summed E-state index contributed by atoms with van der Waals surface area (Å²) in [6, 6.07) is 7.32. The number of hydrogen-bond donors (Lipinski definition) is 0. The van der Waals surface area contributed by atoms with E-state index in [1.54, 1.807) is 13.0 Å². The summed E-state index contributed by atoms with van der Waals surface area (Å²) in [4.78, 5) is 0.439. The molecule has 1 unspecified atom stereocenters. The van der Waals surface area contributed by atoms with Gasteiger partial charge in [-0.15, -0.1) is 0 Å². The molecule has 3 heteroatoms. The fraction of sp³-hybridized carbons (Fsp3) is 0.467. The quantitative estimate of drug-likeness (QED) is 0.731. The Morgan fingerprint density at radius 2 is 1.94 bits per heavy atom. The van der Waals surface area contributed by atoms with Gasteiger partial charge in [0.15, 0.2) is 9.84 Å². The van der Waals surface area contributed by atoms with Crippen molar-refractivity contribution in [3.05, 3.63) is 42.0 Å². The standard InChI is InChI=1S/C15H22O2S/c1-4-6-7-9-13(3)14-10-8-11-15(12-14)18(16,17)5-2/h6-8,10-13H,4-5,9H2,1-3H3/b7-6-. The molecule has 0 saturated carbocycles. The Morgan fingerprint density at radius 3 is 2.56 bits per heavy atom. The second-order valence-electron chi connectivity index (χ2n) is 4.49. The second-order valence-corrected chi connectivity index (χ2v) is 6.77. The molecule has 0 amide bonds. The van der Waals surface area contributed by atoms with E-state index < -0.39 is 9.84 Å². The molecule has 0 fully saturated rings. The van der Waals surface area contributed by atoms with Gasteiger partial charge in [0, 0.05) is 0 Å². The molecule has 0 bridgehead atoms. The molecule has 0 aliphatic rings. The fourth-order valence-electron chi connectivity index (χ4n) is 1.78. The lowest BCUT2D eigenvalue weighted by molar-refractivity contribution is 0.597. The smallest absolute Gasteiger partial charge is 0.178 e. The summed E-state index contributed by atoms with van der Waals surface area (Å²) < 4.78 is 23.6. The average molecular weight is 266 g/mol. The topological polar surface area (TPSA) is 34.1 Å². The zero-order valence-electron chi connectivity index (χ0n) is 11.4. The zero-order chi connectivity index (χ0) is 13.6. The van der Waals surface area contributed by atoms with Crippen LogP contribution in [0, 0.1) is 0 Å². The number of rotatable bonds is 6. The van der Waals surface area contributed by atoms with Crippen molar-refractivity contribution in [2.45, 2.75) is 44.4 Å². The van der Waals surface area contributed by atoms with E-state index in [1.165, 1.54) is 0 Å². The van der Waals surface area contributed by atoms with Gasteiger partial charge in [0.05, 0.1) is 10.6 Å². The van der Waals surface area contributed by atoms with Gasteiger partial charge in [-0.2, -0.15) is 0 Å². The van der Waals surface area contributed by atoms with Crippen LogP contribution >= 0.6 is 0 Å². The maximum Gasteiger partial charge on any atom is 0.178 e. The van der Waals surface area contributed by atoms with Gasteiger partial charge in [-0.25, -0.2) is 8.42 Å². The van der Waals surface area contributed by atoms with Crippen LogP contribution in [0.5, 0.6) is 0 Å². The Hall–Kier alpha value is -1.09. The van der Waals surface area contributed by atoms with Gasteiger partial charge >= 0.3 is 0 Å². The van der Waals surface area contributed by atoms with Crippen molar-refractivity contribution in [2.24, 2.45) is 0 Å². The first-order valence-corrected chi connectivity index (χ1v) is 8.14. The van der Waals surface area contributed by atoms with Crippen LogP contribution in [0.25, 0.3) is 0 Å². The Kier molecular flexibility index (Phi) is 5.60. The second kappa shape index (κ2) is 6.74. The van der Waals surface area contributed by atoms with E-state index in [4.69, 9.17) is 0 Å². The van der Waals surface area contributed by atoms with Gasteiger partial charge in [-0.05, 0) is 36.5 Å². The van der Waals surface area contributed by atoms with Crippen LogP contribution < -0.4 is 0 Å². The van der Waals surface area contributed by atoms with E-state index in [0.29, 0.717) is 10.8 Å². The Morgan fingerprint density at radius 1 is 1.22 bits per heavy atom. The SMILES string of the molecule is CC/C=C\CC(C)c1cccc(S(=O)(=O)CC)c1. The molecule has 18 heavy (non-hydrogen) atoms. The molecule has 0 N–H and O–H groups in total. The molecular formula is C15H22O2S. The molecule has 0 saturated heterocycles. The molecule has 0 spiro atoms. The van der Waals surface area contributed by atoms with Crippen molar-refractivity contribution in [1.82, 2.24) is 0 Å². The highest BCUT2D eigenvalue weighted by Gasteiger charge is 2.13. The van der Waals surface area contributed by atoms with Crippen molar-refractivity contribution >= 4 is 9.84 Å². The predicted molar refractivity (Wildman–Crippen MR) is 76.6 cm³/mol. The number of allylic oxidation sites excluding steroid dienone is 2. The van der Waals surface area contributed by atoms with E-state index in [9.17, 15) is 8.42 Å². The van der Waals surface area contributed by atoms with Crippen LogP contribution in [0.2, 0.25) is 0 Å². The van der Waals surface area contributed by atoms with Crippen molar-refractivity contribution in [1.29, 1.82) is 0 Å². The largest absolute Gasteiger partial charge is 0.224 e. The third-order valence-electron chi connectivity index (χ3n) is 3.06. The number of benzene rings is 1. The maximum atomic E-state index is 11.8. The van der Waals surface area contributed by atoms with Crippen molar-refractivity contribution in [2.75, 3.05) is 5.75 Å². The van der Waals surface area contributed by atoms with E-state index >= 15 is 0 Å². The number of sulfone groups is 1. The molecule has 1 aromatic rings. The average Bonchev–Trinajstić information content (AvgIpc) is 2.39. The summed E-state index contributed by atoms with van der Waals surface area (Å²) in [5.74, 6) is 0.500. The van der Waals surface area contributed by atoms with Crippen molar-refractivity contribution in [3.8, 4) is 0 Å². The fourth-order valence-corrected chi connectivity index (χ4v) is 2.72. The number of hydrogen-bond acceptors (Lipinski definition) is 2. The first kappa shape index (κ1) is 15.0. The van der Waals surface area contributed by atoms with Crippen LogP contribution in [-0.4, -0.2) is 14.2 Å². The predicted octanol–water partition coefficient (Wildman–Crippen LogP) is 3.94. The van der Waals surface area contributed by atoms with Gasteiger partial charge in [-0.1, -0.05) is 45.1 Å². The highest BCUT2D eigenvalue weighted by atomic mass is 32.2. The van der Waals surface area contributed by atoms with Crippen LogP contribution in [0.3, 0.4) is 0 Å². The normalized spacial score (nSPS) is 13.9. The lowest BCUT2D eigenvalue weighted by atomic mass is 9.98. The molecular weight excluding hydrogens is 244 g/mol. The summed E-state index contributed by atoms with van der Waals surface area (Å²) in [5, 5.41) is 0. The highest BCUT2D eigenvalue weighted by Crippen LogP contribution is 2.23. The molecule has 0 radical (unpaired) electrons. The van der Waals surface area contributed by atoms with Crippen LogP contribution in [0.1, 0.15) is 45.1 Å². The summed E-state index contributed by atoms with van der Waals surface area (Å²) in [6.45, 7) is 5.91. The van der Waals surface area contributed by atoms with Gasteiger partial charge in [0.2, 0.25) is 0 Å². The van der Waals surface area contributed by atoms with E-state index in [1.807, 2.05) is 18.2 Å². The molecule has 1 atom stereocenters. The van der Waals surface area contributed by atoms with Crippen molar-refractivity contribution < 1.29 is 8.42 Å². The Bertz CT molecular complexity index is 501. The minimum absolute atomic E-state index is 0.153. The van der Waals surface area contributed by atoms with E-state index in [-0.39, 0.29) is 5.75 Å². The van der Waals surface area contributed by atoms with Crippen LogP contribution in [0.4, 0.5) is 0 Å². The van der Waals surface area contributed by atoms with Gasteiger partial charge < -0.3 is 0 Å². The highest BCUT2D eigenvalue weighted by molar-refractivity contribution is 7.91. The van der Waals surface area contributed by atoms with E-state index in [2.05, 4.69) is 26.0 Å². The third kappa shape index (κ3) is 3.98. The third-order valence-corrected chi connectivity index (χ3v) is 4.79. The first-order chi connectivity index (χ1) is 8.51. The maximum absolute atomic E-state index is 11.8. The molecule has 1 aromatic carbocycles. The lowest BCUT2D eigenvalue weighted by Gasteiger charge is -2.11. The summed E-state index contributed by atoms with van der Waals surface area (Å²) in [5.41, 5.74) is 1.09. The summed E-state index contributed by atoms with van der Waals surface area (Å²) in [7, 11) is -3.10. The van der Waals surface area contributed by atoms with Gasteiger partial charge in [0.1, 0.15) is 0 Å². The summed E-state index contributed by atoms with van der Waals surface area (Å²) >= 11 is 0. The minimum atomic E-state index is -3.10. The van der Waals surface area contributed by atoms with Crippen molar-refractivity contribution in [3.63, 3.8) is 0 Å². The van der Waals surface area contributed by atoms with Crippen LogP contribution in [-0.2, 0) is 9.84 Å². The van der Waals surface area contributed by atoms with Crippen LogP contribution in [0.15, 0.2) is 41.3 Å². The molecule has 0 aliphatic heterocycles. The molecule has 1 rings (SSSR count). The lowest BCUT2D eigenvalue weighted by Crippen LogP contribution is -2.04. The molecule has 2 nitrogen and oxygen atoms in total. The summed E-state index contributed by atoms with van der Waals surface area (Å²) in [6.07, 6.45) is 6.29. The molecule has 0 aliphatic carbocycles. The van der Waals surface area contributed by atoms with E-state index in [0.717, 1.165) is 18.4 Å². The zero-order valence-corrected chi connectivity index (χ0v) is 12.2. The molecule has 0 aromatic heterocycles. The molecule has 0 heterocycles. The molecule has 100 valence electrons. The van der Waals surface area contributed by atoms with Gasteiger partial charge in [0.25, 0.3) is 0 Å². The van der Waals surface area contributed by atoms with Gasteiger partial charge in [-0.3, -0.25) is 0 Å². The minimum Gasteiger partial charge on any atom is -0.224 e. The monoisotopic (exact) mass is 266 g/mol. The first-order valence-electron chi connectivity index (χ1n) is 6.49. The Labute approximate surface area is 111 Å².